The van der Waals surface area contributed by atoms with Crippen molar-refractivity contribution in [3.63, 3.8) is 0 Å². The fourth-order valence-electron chi connectivity index (χ4n) is 1.32. The first-order valence-corrected chi connectivity index (χ1v) is 4.81. The number of aliphatic hydroxyl groups excluding tert-OH is 2. The molecule has 0 saturated carbocycles. The van der Waals surface area contributed by atoms with Crippen molar-refractivity contribution in [3.8, 4) is 0 Å². The van der Waals surface area contributed by atoms with Crippen LogP contribution >= 0.6 is 0 Å². The van der Waals surface area contributed by atoms with E-state index >= 15 is 0 Å². The fraction of sp³-hybridized carbons (Fsp3) is 0.455. The van der Waals surface area contributed by atoms with Crippen molar-refractivity contribution in [2.24, 2.45) is 0 Å². The Balaban J connectivity index is 2.52. The minimum absolute atomic E-state index is 0.548. The van der Waals surface area contributed by atoms with Crippen LogP contribution in [0, 0.1) is 0 Å². The fourth-order valence-corrected chi connectivity index (χ4v) is 1.32. The van der Waals surface area contributed by atoms with Crippen LogP contribution in [-0.4, -0.2) is 29.9 Å². The van der Waals surface area contributed by atoms with Gasteiger partial charge in [0.25, 0.3) is 0 Å². The Hall–Kier alpha value is -0.900. The number of nitrogens with one attached hydrogen (secondary N) is 1. The molecule has 0 aromatic heterocycles. The molecule has 0 amide bonds. The van der Waals surface area contributed by atoms with Gasteiger partial charge in [-0.1, -0.05) is 30.3 Å². The van der Waals surface area contributed by atoms with Gasteiger partial charge in [-0.15, -0.1) is 0 Å². The SMILES string of the molecule is CNCCC(O)C(O)c1ccccc1. The number of benzene rings is 1. The monoisotopic (exact) mass is 195 g/mol. The summed E-state index contributed by atoms with van der Waals surface area (Å²) in [7, 11) is 1.82. The molecule has 78 valence electrons. The molecule has 0 bridgehead atoms. The Kier molecular flexibility index (Phi) is 4.59. The minimum Gasteiger partial charge on any atom is -0.390 e. The van der Waals surface area contributed by atoms with Gasteiger partial charge in [0.05, 0.1) is 6.10 Å². The van der Waals surface area contributed by atoms with Crippen LogP contribution in [0.3, 0.4) is 0 Å². The first-order chi connectivity index (χ1) is 6.75. The lowest BCUT2D eigenvalue weighted by atomic mass is 10.0. The Labute approximate surface area is 84.4 Å². The van der Waals surface area contributed by atoms with Crippen LogP contribution in [0.5, 0.6) is 0 Å². The lowest BCUT2D eigenvalue weighted by Crippen LogP contribution is -2.23. The van der Waals surface area contributed by atoms with Gasteiger partial charge in [0.15, 0.2) is 0 Å². The second kappa shape index (κ2) is 5.75. The summed E-state index contributed by atoms with van der Waals surface area (Å²) in [5.41, 5.74) is 0.760. The third kappa shape index (κ3) is 3.10. The van der Waals surface area contributed by atoms with Gasteiger partial charge >= 0.3 is 0 Å². The zero-order chi connectivity index (χ0) is 10.4. The van der Waals surface area contributed by atoms with Crippen molar-refractivity contribution in [1.82, 2.24) is 5.32 Å². The maximum absolute atomic E-state index is 9.74. The molecule has 0 heterocycles. The molecule has 0 radical (unpaired) electrons. The van der Waals surface area contributed by atoms with Crippen LogP contribution in [0.2, 0.25) is 0 Å². The third-order valence-corrected chi connectivity index (χ3v) is 2.20. The summed E-state index contributed by atoms with van der Waals surface area (Å²) < 4.78 is 0. The lowest BCUT2D eigenvalue weighted by Gasteiger charge is -2.17. The van der Waals surface area contributed by atoms with Crippen molar-refractivity contribution in [2.75, 3.05) is 13.6 Å². The molecule has 1 aromatic carbocycles. The highest BCUT2D eigenvalue weighted by molar-refractivity contribution is 5.18. The molecule has 0 aliphatic carbocycles. The van der Waals surface area contributed by atoms with Crippen molar-refractivity contribution < 1.29 is 10.2 Å². The average molecular weight is 195 g/mol. The van der Waals surface area contributed by atoms with Crippen molar-refractivity contribution in [1.29, 1.82) is 0 Å². The molecular weight excluding hydrogens is 178 g/mol. The molecular formula is C11H17NO2. The van der Waals surface area contributed by atoms with Gasteiger partial charge in [0.1, 0.15) is 6.10 Å². The summed E-state index contributed by atoms with van der Waals surface area (Å²) in [6.07, 6.45) is -0.943. The van der Waals surface area contributed by atoms with Crippen LogP contribution in [0.4, 0.5) is 0 Å². The average Bonchev–Trinajstić information content (AvgIpc) is 2.26. The van der Waals surface area contributed by atoms with E-state index in [1.54, 1.807) is 0 Å². The first kappa shape index (κ1) is 11.2. The normalized spacial score (nSPS) is 15.1. The summed E-state index contributed by atoms with van der Waals surface area (Å²) in [5.74, 6) is 0. The van der Waals surface area contributed by atoms with Crippen LogP contribution in [0.1, 0.15) is 18.1 Å². The first-order valence-electron chi connectivity index (χ1n) is 4.81. The molecule has 3 heteroatoms. The molecule has 0 aliphatic rings. The van der Waals surface area contributed by atoms with Gasteiger partial charge in [-0.05, 0) is 25.6 Å². The van der Waals surface area contributed by atoms with Gasteiger partial charge < -0.3 is 15.5 Å². The van der Waals surface area contributed by atoms with E-state index < -0.39 is 12.2 Å². The van der Waals surface area contributed by atoms with E-state index in [0.717, 1.165) is 5.56 Å². The summed E-state index contributed by atoms with van der Waals surface area (Å²) in [4.78, 5) is 0. The topological polar surface area (TPSA) is 52.5 Å². The summed E-state index contributed by atoms with van der Waals surface area (Å²) in [6.45, 7) is 0.699. The van der Waals surface area contributed by atoms with E-state index in [9.17, 15) is 10.2 Å². The lowest BCUT2D eigenvalue weighted by molar-refractivity contribution is 0.0140. The van der Waals surface area contributed by atoms with Gasteiger partial charge in [-0.2, -0.15) is 0 Å². The summed E-state index contributed by atoms with van der Waals surface area (Å²) >= 11 is 0. The molecule has 3 nitrogen and oxygen atoms in total. The molecule has 1 rings (SSSR count). The Morgan fingerprint density at radius 2 is 1.86 bits per heavy atom. The molecule has 3 N–H and O–H groups in total. The second-order valence-electron chi connectivity index (χ2n) is 3.32. The number of rotatable bonds is 5. The van der Waals surface area contributed by atoms with Gasteiger partial charge in [0, 0.05) is 0 Å². The van der Waals surface area contributed by atoms with Gasteiger partial charge in [0.2, 0.25) is 0 Å². The highest BCUT2D eigenvalue weighted by Gasteiger charge is 2.16. The molecule has 2 unspecified atom stereocenters. The van der Waals surface area contributed by atoms with Crippen LogP contribution in [-0.2, 0) is 0 Å². The van der Waals surface area contributed by atoms with E-state index in [1.807, 2.05) is 37.4 Å². The summed E-state index contributed by atoms with van der Waals surface area (Å²) in [5, 5.41) is 22.3. The smallest absolute Gasteiger partial charge is 0.105 e. The van der Waals surface area contributed by atoms with Crippen LogP contribution in [0.25, 0.3) is 0 Å². The quantitative estimate of drug-likeness (QED) is 0.648. The second-order valence-corrected chi connectivity index (χ2v) is 3.32. The van der Waals surface area contributed by atoms with Crippen molar-refractivity contribution >= 4 is 0 Å². The maximum atomic E-state index is 9.74. The molecule has 0 spiro atoms. The van der Waals surface area contributed by atoms with E-state index in [-0.39, 0.29) is 0 Å². The molecule has 14 heavy (non-hydrogen) atoms. The van der Waals surface area contributed by atoms with E-state index in [2.05, 4.69) is 5.32 Å². The zero-order valence-electron chi connectivity index (χ0n) is 8.35. The molecule has 0 aliphatic heterocycles. The zero-order valence-corrected chi connectivity index (χ0v) is 8.35. The maximum Gasteiger partial charge on any atom is 0.105 e. The van der Waals surface area contributed by atoms with Gasteiger partial charge in [-0.3, -0.25) is 0 Å². The number of hydrogen-bond donors (Lipinski definition) is 3. The highest BCUT2D eigenvalue weighted by atomic mass is 16.3. The predicted molar refractivity (Wildman–Crippen MR) is 56.0 cm³/mol. The number of hydrogen-bond acceptors (Lipinski definition) is 3. The third-order valence-electron chi connectivity index (χ3n) is 2.20. The molecule has 2 atom stereocenters. The van der Waals surface area contributed by atoms with E-state index in [4.69, 9.17) is 0 Å². The van der Waals surface area contributed by atoms with Gasteiger partial charge in [-0.25, -0.2) is 0 Å². The van der Waals surface area contributed by atoms with Crippen LogP contribution < -0.4 is 5.32 Å². The summed E-state index contributed by atoms with van der Waals surface area (Å²) in [6, 6.07) is 9.21. The minimum atomic E-state index is -0.787. The Morgan fingerprint density at radius 3 is 2.43 bits per heavy atom. The van der Waals surface area contributed by atoms with E-state index in [0.29, 0.717) is 13.0 Å². The van der Waals surface area contributed by atoms with Crippen LogP contribution in [0.15, 0.2) is 30.3 Å². The molecule has 0 saturated heterocycles. The molecule has 1 aromatic rings. The van der Waals surface area contributed by atoms with E-state index in [1.165, 1.54) is 0 Å². The predicted octanol–water partition coefficient (Wildman–Crippen LogP) is 0.690. The Bertz CT molecular complexity index is 251. The number of aliphatic hydroxyl groups is 2. The highest BCUT2D eigenvalue weighted by Crippen LogP contribution is 2.17. The van der Waals surface area contributed by atoms with Crippen molar-refractivity contribution in [3.05, 3.63) is 35.9 Å². The Morgan fingerprint density at radius 1 is 1.21 bits per heavy atom. The largest absolute Gasteiger partial charge is 0.390 e. The standard InChI is InChI=1S/C11H17NO2/c1-12-8-7-10(13)11(14)9-5-3-2-4-6-9/h2-6,10-14H,7-8H2,1H3. The van der Waals surface area contributed by atoms with Crippen molar-refractivity contribution in [2.45, 2.75) is 18.6 Å². The molecule has 0 fully saturated rings.